The molecule has 3 N–H and O–H groups in total. The number of carbonyl (C=O) groups is 2. The fourth-order valence-electron chi connectivity index (χ4n) is 3.55. The lowest BCUT2D eigenvalue weighted by molar-refractivity contribution is -0.274. The molecule has 4 aromatic rings. The van der Waals surface area contributed by atoms with Gasteiger partial charge < -0.3 is 20.4 Å². The lowest BCUT2D eigenvalue weighted by Crippen LogP contribution is -2.24. The van der Waals surface area contributed by atoms with Crippen molar-refractivity contribution in [3.63, 3.8) is 0 Å². The number of anilines is 1. The Morgan fingerprint density at radius 3 is 2.71 bits per heavy atom. The highest BCUT2D eigenvalue weighted by molar-refractivity contribution is 7.15. The van der Waals surface area contributed by atoms with Crippen molar-refractivity contribution in [3.8, 4) is 5.75 Å². The number of hydrogen-bond acceptors (Lipinski definition) is 9. The Balaban J connectivity index is 1.22. The van der Waals surface area contributed by atoms with Gasteiger partial charge in [-0.3, -0.25) is 14.4 Å². The standard InChI is InChI=1S/C24H21F5N8O4S/c25-14(11-37-12-18(33-36-37)22(40)30-10-15-2-1-3-19(38)31-15)4-7-21-34-35-23(42-21)32-20(39)9-13-8-16(5-6-17(13)26)41-24(27,28)29/h1-3,5-6,8,12,14H,4,7,9-11H2,(H,30,40)(H,31,38)(H,32,35,39). The molecule has 1 atom stereocenters. The number of hydrogen-bond donors (Lipinski definition) is 3. The first-order valence-electron chi connectivity index (χ1n) is 12.1. The van der Waals surface area contributed by atoms with E-state index >= 15 is 0 Å². The van der Waals surface area contributed by atoms with E-state index in [1.54, 1.807) is 12.1 Å². The van der Waals surface area contributed by atoms with Crippen LogP contribution in [-0.2, 0) is 30.7 Å². The van der Waals surface area contributed by atoms with Crippen molar-refractivity contribution in [3.05, 3.63) is 80.7 Å². The van der Waals surface area contributed by atoms with Crippen LogP contribution >= 0.6 is 11.3 Å². The van der Waals surface area contributed by atoms with Gasteiger partial charge in [0.25, 0.3) is 5.91 Å². The summed E-state index contributed by atoms with van der Waals surface area (Å²) >= 11 is 0.950. The van der Waals surface area contributed by atoms with Gasteiger partial charge in [-0.15, -0.1) is 28.5 Å². The quantitative estimate of drug-likeness (QED) is 0.206. The van der Waals surface area contributed by atoms with Gasteiger partial charge in [-0.2, -0.15) is 0 Å². The van der Waals surface area contributed by atoms with Gasteiger partial charge in [0.15, 0.2) is 5.69 Å². The first-order chi connectivity index (χ1) is 19.9. The van der Waals surface area contributed by atoms with E-state index in [1.807, 2.05) is 0 Å². The Morgan fingerprint density at radius 2 is 1.95 bits per heavy atom. The summed E-state index contributed by atoms with van der Waals surface area (Å²) < 4.78 is 70.7. The van der Waals surface area contributed by atoms with Crippen LogP contribution in [0.2, 0.25) is 0 Å². The molecule has 2 amide bonds. The van der Waals surface area contributed by atoms with Crippen molar-refractivity contribution < 1.29 is 36.3 Å². The highest BCUT2D eigenvalue weighted by Crippen LogP contribution is 2.25. The molecule has 1 unspecified atom stereocenters. The zero-order valence-corrected chi connectivity index (χ0v) is 22.1. The molecule has 1 aromatic carbocycles. The number of alkyl halides is 4. The number of nitrogens with one attached hydrogen (secondary N) is 3. The number of nitrogens with zero attached hydrogens (tertiary/aromatic N) is 5. The molecule has 0 saturated heterocycles. The fraction of sp³-hybridized carbons (Fsp3) is 0.292. The molecule has 0 radical (unpaired) electrons. The molecule has 0 aliphatic carbocycles. The molecule has 3 heterocycles. The van der Waals surface area contributed by atoms with Crippen LogP contribution in [0.5, 0.6) is 5.75 Å². The van der Waals surface area contributed by atoms with Gasteiger partial charge in [-0.1, -0.05) is 22.6 Å². The molecule has 12 nitrogen and oxygen atoms in total. The lowest BCUT2D eigenvalue weighted by atomic mass is 10.1. The van der Waals surface area contributed by atoms with Crippen molar-refractivity contribution in [2.75, 3.05) is 5.32 Å². The lowest BCUT2D eigenvalue weighted by Gasteiger charge is -2.10. The second-order valence-corrected chi connectivity index (χ2v) is 9.77. The first-order valence-corrected chi connectivity index (χ1v) is 12.9. The van der Waals surface area contributed by atoms with E-state index in [0.29, 0.717) is 10.7 Å². The average molecular weight is 613 g/mol. The molecule has 0 fully saturated rings. The number of H-pyrrole nitrogens is 1. The maximum Gasteiger partial charge on any atom is 0.573 e. The Bertz CT molecular complexity index is 1610. The Labute approximate surface area is 236 Å². The monoisotopic (exact) mass is 612 g/mol. The Hall–Kier alpha value is -4.74. The molecule has 0 spiro atoms. The van der Waals surface area contributed by atoms with Gasteiger partial charge in [0.2, 0.25) is 16.6 Å². The normalized spacial score (nSPS) is 12.1. The van der Waals surface area contributed by atoms with E-state index in [2.05, 4.69) is 40.9 Å². The van der Waals surface area contributed by atoms with Crippen molar-refractivity contribution in [2.24, 2.45) is 0 Å². The third-order valence-corrected chi connectivity index (χ3v) is 6.31. The van der Waals surface area contributed by atoms with E-state index in [0.717, 1.165) is 29.5 Å². The molecule has 4 rings (SSSR count). The van der Waals surface area contributed by atoms with E-state index in [-0.39, 0.29) is 47.9 Å². The van der Waals surface area contributed by atoms with Crippen LogP contribution in [0.25, 0.3) is 0 Å². The molecule has 0 aliphatic rings. The van der Waals surface area contributed by atoms with E-state index < -0.39 is 42.3 Å². The molecule has 0 bridgehead atoms. The van der Waals surface area contributed by atoms with Gasteiger partial charge in [0, 0.05) is 23.7 Å². The number of ether oxygens (including phenoxy) is 1. The summed E-state index contributed by atoms with van der Waals surface area (Å²) in [5, 5.41) is 20.5. The number of halogens is 5. The summed E-state index contributed by atoms with van der Waals surface area (Å²) in [7, 11) is 0. The number of pyridine rings is 1. The number of amides is 2. The van der Waals surface area contributed by atoms with Crippen LogP contribution < -0.4 is 20.9 Å². The Morgan fingerprint density at radius 1 is 1.14 bits per heavy atom. The van der Waals surface area contributed by atoms with Crippen molar-refractivity contribution in [1.29, 1.82) is 0 Å². The number of aromatic nitrogens is 6. The van der Waals surface area contributed by atoms with Crippen LogP contribution in [0.3, 0.4) is 0 Å². The summed E-state index contributed by atoms with van der Waals surface area (Å²) in [6.45, 7) is -0.143. The maximum atomic E-state index is 14.6. The number of aromatic amines is 1. The van der Waals surface area contributed by atoms with Crippen molar-refractivity contribution in [2.45, 2.75) is 44.9 Å². The number of benzene rings is 1. The third-order valence-electron chi connectivity index (χ3n) is 5.41. The largest absolute Gasteiger partial charge is 0.573 e. The minimum Gasteiger partial charge on any atom is -0.406 e. The van der Waals surface area contributed by atoms with Crippen LogP contribution in [0.15, 0.2) is 47.4 Å². The topological polar surface area (TPSA) is 157 Å². The molecule has 222 valence electrons. The zero-order valence-electron chi connectivity index (χ0n) is 21.3. The van der Waals surface area contributed by atoms with Crippen LogP contribution in [0.4, 0.5) is 27.1 Å². The first kappa shape index (κ1) is 30.2. The molecule has 3 aromatic heterocycles. The highest BCUT2D eigenvalue weighted by Gasteiger charge is 2.31. The van der Waals surface area contributed by atoms with Gasteiger partial charge in [-0.05, 0) is 30.7 Å². The third kappa shape index (κ3) is 9.15. The molecule has 0 saturated carbocycles. The zero-order chi connectivity index (χ0) is 30.3. The fourth-order valence-corrected chi connectivity index (χ4v) is 4.32. The van der Waals surface area contributed by atoms with E-state index in [9.17, 15) is 36.3 Å². The highest BCUT2D eigenvalue weighted by atomic mass is 32.1. The number of rotatable bonds is 12. The molecule has 18 heteroatoms. The van der Waals surface area contributed by atoms with Crippen LogP contribution in [0, 0.1) is 5.82 Å². The summed E-state index contributed by atoms with van der Waals surface area (Å²) in [6, 6.07) is 6.82. The SMILES string of the molecule is O=C(Cc1cc(OC(F)(F)F)ccc1F)Nc1nnc(CCC(F)Cn2cc(C(=O)NCc3cccc(=O)[nH]3)nn2)s1. The predicted octanol–water partition coefficient (Wildman–Crippen LogP) is 2.94. The van der Waals surface area contributed by atoms with Crippen LogP contribution in [-0.4, -0.2) is 54.5 Å². The van der Waals surface area contributed by atoms with Gasteiger partial charge in [0.05, 0.1) is 25.7 Å². The molecular weight excluding hydrogens is 591 g/mol. The maximum absolute atomic E-state index is 14.6. The second-order valence-electron chi connectivity index (χ2n) is 8.71. The van der Waals surface area contributed by atoms with Gasteiger partial charge in [-0.25, -0.2) is 13.5 Å². The van der Waals surface area contributed by atoms with Crippen LogP contribution in [0.1, 0.15) is 33.2 Å². The summed E-state index contributed by atoms with van der Waals surface area (Å²) in [5.74, 6) is -2.88. The minimum absolute atomic E-state index is 0.00253. The predicted molar refractivity (Wildman–Crippen MR) is 137 cm³/mol. The van der Waals surface area contributed by atoms with Gasteiger partial charge >= 0.3 is 6.36 Å². The summed E-state index contributed by atoms with van der Waals surface area (Å²) in [6.07, 6.45) is -5.53. The molecule has 42 heavy (non-hydrogen) atoms. The smallest absolute Gasteiger partial charge is 0.406 e. The second kappa shape index (κ2) is 13.3. The minimum atomic E-state index is -4.97. The summed E-state index contributed by atoms with van der Waals surface area (Å²) in [4.78, 5) is 38.4. The summed E-state index contributed by atoms with van der Waals surface area (Å²) in [5.41, 5.74) is -0.175. The molecule has 0 aliphatic heterocycles. The number of carbonyl (C=O) groups excluding carboxylic acids is 2. The van der Waals surface area contributed by atoms with E-state index in [1.165, 1.54) is 16.9 Å². The Kier molecular flexibility index (Phi) is 9.56. The average Bonchev–Trinajstić information content (AvgIpc) is 3.57. The van der Waals surface area contributed by atoms with Gasteiger partial charge in [0.1, 0.15) is 22.7 Å². The van der Waals surface area contributed by atoms with E-state index in [4.69, 9.17) is 0 Å². The number of aryl methyl sites for hydroxylation is 1. The van der Waals surface area contributed by atoms with Crippen molar-refractivity contribution in [1.82, 2.24) is 35.5 Å². The van der Waals surface area contributed by atoms with Crippen molar-refractivity contribution >= 4 is 28.3 Å². The molecular formula is C24H21F5N8O4S.